The van der Waals surface area contributed by atoms with Crippen molar-refractivity contribution in [1.82, 2.24) is 0 Å². The molecule has 0 radical (unpaired) electrons. The van der Waals surface area contributed by atoms with Crippen molar-refractivity contribution in [3.8, 4) is 0 Å². The molecule has 0 aliphatic carbocycles. The molecule has 0 spiro atoms. The number of carbonyl (C=O) groups excluding carboxylic acids is 1. The predicted molar refractivity (Wildman–Crippen MR) is 70.6 cm³/mol. The fourth-order valence-corrected chi connectivity index (χ4v) is 1.61. The number of benzene rings is 1. The van der Waals surface area contributed by atoms with Crippen LogP contribution in [-0.2, 0) is 4.74 Å². The van der Waals surface area contributed by atoms with E-state index >= 15 is 0 Å². The number of rotatable bonds is 6. The first-order chi connectivity index (χ1) is 9.33. The molecule has 3 N–H and O–H groups in total. The Kier molecular flexibility index (Phi) is 5.66. The van der Waals surface area contributed by atoms with Gasteiger partial charge in [0.05, 0.1) is 12.2 Å². The van der Waals surface area contributed by atoms with E-state index in [4.69, 9.17) is 10.5 Å². The first kappa shape index (κ1) is 16.1. The number of anilines is 2. The van der Waals surface area contributed by atoms with E-state index in [0.717, 1.165) is 0 Å². The van der Waals surface area contributed by atoms with Crippen LogP contribution in [0.1, 0.15) is 30.1 Å². The Labute approximate surface area is 115 Å². The Morgan fingerprint density at radius 1 is 1.40 bits per heavy atom. The van der Waals surface area contributed by atoms with Crippen molar-refractivity contribution >= 4 is 17.3 Å². The van der Waals surface area contributed by atoms with E-state index in [0.29, 0.717) is 11.4 Å². The van der Waals surface area contributed by atoms with E-state index in [1.165, 1.54) is 6.07 Å². The number of hydrogen-bond acceptors (Lipinski definition) is 4. The van der Waals surface area contributed by atoms with E-state index < -0.39 is 18.6 Å². The van der Waals surface area contributed by atoms with Gasteiger partial charge in [0.2, 0.25) is 0 Å². The molecule has 20 heavy (non-hydrogen) atoms. The molecule has 0 bridgehead atoms. The fraction of sp³-hybridized carbons (Fsp3) is 0.462. The van der Waals surface area contributed by atoms with Crippen molar-refractivity contribution in [2.45, 2.75) is 25.9 Å². The van der Waals surface area contributed by atoms with E-state index in [-0.39, 0.29) is 25.1 Å². The highest BCUT2D eigenvalue weighted by Gasteiger charge is 2.26. The molecule has 0 fully saturated rings. The van der Waals surface area contributed by atoms with E-state index in [1.807, 2.05) is 0 Å². The van der Waals surface area contributed by atoms with Crippen LogP contribution in [0.2, 0.25) is 0 Å². The highest BCUT2D eigenvalue weighted by atomic mass is 19.4. The standard InChI is InChI=1S/C13H17F3N2O2/c1-2-20-12(19)10-8-9(17)4-5-11(10)18-7-3-6-13(14,15)16/h4-5,8,18H,2-3,6-7,17H2,1H3. The van der Waals surface area contributed by atoms with Gasteiger partial charge in [-0.15, -0.1) is 0 Å². The molecule has 0 amide bonds. The minimum atomic E-state index is -4.17. The Bertz CT molecular complexity index is 461. The summed E-state index contributed by atoms with van der Waals surface area (Å²) in [5.41, 5.74) is 6.61. The van der Waals surface area contributed by atoms with Crippen molar-refractivity contribution in [3.05, 3.63) is 23.8 Å². The van der Waals surface area contributed by atoms with Gasteiger partial charge in [0, 0.05) is 24.3 Å². The molecule has 0 saturated heterocycles. The maximum atomic E-state index is 12.0. The summed E-state index contributed by atoms with van der Waals surface area (Å²) in [6.07, 6.45) is -5.12. The zero-order valence-corrected chi connectivity index (χ0v) is 11.1. The van der Waals surface area contributed by atoms with Gasteiger partial charge >= 0.3 is 12.1 Å². The summed E-state index contributed by atoms with van der Waals surface area (Å²) < 4.78 is 40.9. The Morgan fingerprint density at radius 3 is 2.70 bits per heavy atom. The van der Waals surface area contributed by atoms with E-state index in [1.54, 1.807) is 19.1 Å². The summed E-state index contributed by atoms with van der Waals surface area (Å²) in [6.45, 7) is 1.98. The van der Waals surface area contributed by atoms with Crippen LogP contribution < -0.4 is 11.1 Å². The van der Waals surface area contributed by atoms with Crippen molar-refractivity contribution in [1.29, 1.82) is 0 Å². The third kappa shape index (κ3) is 5.38. The molecule has 0 heterocycles. The number of nitrogens with two attached hydrogens (primary N) is 1. The zero-order valence-electron chi connectivity index (χ0n) is 11.1. The quantitative estimate of drug-likeness (QED) is 0.480. The number of nitrogens with one attached hydrogen (secondary N) is 1. The molecule has 112 valence electrons. The molecule has 0 aromatic heterocycles. The number of carbonyl (C=O) groups is 1. The Balaban J connectivity index is 2.67. The number of halogens is 3. The van der Waals surface area contributed by atoms with Crippen molar-refractivity contribution in [2.75, 3.05) is 24.2 Å². The lowest BCUT2D eigenvalue weighted by molar-refractivity contribution is -0.134. The van der Waals surface area contributed by atoms with Gasteiger partial charge in [0.25, 0.3) is 0 Å². The average Bonchev–Trinajstić information content (AvgIpc) is 2.35. The third-order valence-electron chi connectivity index (χ3n) is 2.49. The molecule has 4 nitrogen and oxygen atoms in total. The number of ether oxygens (including phenoxy) is 1. The van der Waals surface area contributed by atoms with Gasteiger partial charge in [-0.05, 0) is 31.5 Å². The van der Waals surface area contributed by atoms with Gasteiger partial charge in [-0.1, -0.05) is 0 Å². The summed E-state index contributed by atoms with van der Waals surface area (Å²) in [6, 6.07) is 4.55. The maximum absolute atomic E-state index is 12.0. The van der Waals surface area contributed by atoms with Gasteiger partial charge in [-0.2, -0.15) is 13.2 Å². The number of esters is 1. The average molecular weight is 290 g/mol. The Hall–Kier alpha value is -1.92. The van der Waals surface area contributed by atoms with Crippen molar-refractivity contribution < 1.29 is 22.7 Å². The van der Waals surface area contributed by atoms with Crippen LogP contribution >= 0.6 is 0 Å². The topological polar surface area (TPSA) is 64.3 Å². The van der Waals surface area contributed by atoms with Crippen LogP contribution in [0.3, 0.4) is 0 Å². The lowest BCUT2D eigenvalue weighted by Crippen LogP contribution is -2.14. The van der Waals surface area contributed by atoms with Crippen LogP contribution in [0.25, 0.3) is 0 Å². The monoisotopic (exact) mass is 290 g/mol. The summed E-state index contributed by atoms with van der Waals surface area (Å²) in [5.74, 6) is -0.557. The molecule has 0 aliphatic rings. The summed E-state index contributed by atoms with van der Waals surface area (Å²) in [4.78, 5) is 11.7. The van der Waals surface area contributed by atoms with Crippen LogP contribution in [0.4, 0.5) is 24.5 Å². The second-order valence-electron chi connectivity index (χ2n) is 4.17. The molecule has 0 aliphatic heterocycles. The molecule has 0 atom stereocenters. The molecule has 1 rings (SSSR count). The summed E-state index contributed by atoms with van der Waals surface area (Å²) in [5, 5.41) is 2.80. The largest absolute Gasteiger partial charge is 0.462 e. The molecule has 1 aromatic carbocycles. The van der Waals surface area contributed by atoms with Crippen LogP contribution in [0.15, 0.2) is 18.2 Å². The first-order valence-electron chi connectivity index (χ1n) is 6.20. The van der Waals surface area contributed by atoms with Crippen LogP contribution in [-0.4, -0.2) is 25.3 Å². The fourth-order valence-electron chi connectivity index (χ4n) is 1.61. The molecule has 0 saturated carbocycles. The number of alkyl halides is 3. The molecular weight excluding hydrogens is 273 g/mol. The number of hydrogen-bond donors (Lipinski definition) is 2. The first-order valence-corrected chi connectivity index (χ1v) is 6.20. The maximum Gasteiger partial charge on any atom is 0.389 e. The van der Waals surface area contributed by atoms with Gasteiger partial charge < -0.3 is 15.8 Å². The summed E-state index contributed by atoms with van der Waals surface area (Å²) >= 11 is 0. The predicted octanol–water partition coefficient (Wildman–Crippen LogP) is 3.20. The van der Waals surface area contributed by atoms with Crippen LogP contribution in [0.5, 0.6) is 0 Å². The zero-order chi connectivity index (χ0) is 15.2. The Morgan fingerprint density at radius 2 is 2.10 bits per heavy atom. The molecule has 0 unspecified atom stereocenters. The highest BCUT2D eigenvalue weighted by Crippen LogP contribution is 2.23. The van der Waals surface area contributed by atoms with Crippen LogP contribution in [0, 0.1) is 0 Å². The minimum Gasteiger partial charge on any atom is -0.462 e. The SMILES string of the molecule is CCOC(=O)c1cc(N)ccc1NCCCC(F)(F)F. The van der Waals surface area contributed by atoms with Gasteiger partial charge in [0.15, 0.2) is 0 Å². The third-order valence-corrected chi connectivity index (χ3v) is 2.49. The second-order valence-corrected chi connectivity index (χ2v) is 4.17. The normalized spacial score (nSPS) is 11.2. The van der Waals surface area contributed by atoms with Gasteiger partial charge in [0.1, 0.15) is 0 Å². The number of nitrogen functional groups attached to an aromatic ring is 1. The van der Waals surface area contributed by atoms with E-state index in [9.17, 15) is 18.0 Å². The minimum absolute atomic E-state index is 0.0733. The van der Waals surface area contributed by atoms with Crippen molar-refractivity contribution in [2.24, 2.45) is 0 Å². The summed E-state index contributed by atoms with van der Waals surface area (Å²) in [7, 11) is 0. The van der Waals surface area contributed by atoms with Gasteiger partial charge in [-0.25, -0.2) is 4.79 Å². The van der Waals surface area contributed by atoms with Crippen molar-refractivity contribution in [3.63, 3.8) is 0 Å². The smallest absolute Gasteiger partial charge is 0.389 e. The highest BCUT2D eigenvalue weighted by molar-refractivity contribution is 5.96. The molecule has 1 aromatic rings. The molecule has 7 heteroatoms. The van der Waals surface area contributed by atoms with Gasteiger partial charge in [-0.3, -0.25) is 0 Å². The second kappa shape index (κ2) is 7.02. The van der Waals surface area contributed by atoms with E-state index in [2.05, 4.69) is 5.32 Å². The lowest BCUT2D eigenvalue weighted by Gasteiger charge is -2.12. The molecular formula is C13H17F3N2O2. The lowest BCUT2D eigenvalue weighted by atomic mass is 10.1.